The van der Waals surface area contributed by atoms with Crippen LogP contribution in [0.1, 0.15) is 12.0 Å². The van der Waals surface area contributed by atoms with Gasteiger partial charge in [-0.05, 0) is 25.0 Å². The molecule has 0 aromatic carbocycles. The van der Waals surface area contributed by atoms with Crippen LogP contribution in [0.15, 0.2) is 6.07 Å². The maximum atomic E-state index is 11.6. The van der Waals surface area contributed by atoms with E-state index in [1.165, 1.54) is 11.3 Å². The lowest BCUT2D eigenvalue weighted by Gasteiger charge is -2.12. The van der Waals surface area contributed by atoms with Crippen molar-refractivity contribution in [3.63, 3.8) is 0 Å². The molecule has 2 nitrogen and oxygen atoms in total. The molecule has 0 bridgehead atoms. The molecule has 2 heterocycles. The van der Waals surface area contributed by atoms with E-state index in [0.29, 0.717) is 6.54 Å². The van der Waals surface area contributed by atoms with Gasteiger partial charge in [0.1, 0.15) is 5.38 Å². The second-order valence-electron chi connectivity index (χ2n) is 3.29. The first kappa shape index (κ1) is 10.3. The summed E-state index contributed by atoms with van der Waals surface area (Å²) in [5.74, 6) is -0.00965. The number of aryl methyl sites for hydroxylation is 1. The number of thiophene rings is 1. The number of halogens is 2. The van der Waals surface area contributed by atoms with E-state index in [4.69, 9.17) is 23.2 Å². The van der Waals surface area contributed by atoms with E-state index in [9.17, 15) is 4.79 Å². The third-order valence-corrected chi connectivity index (χ3v) is 4.23. The zero-order chi connectivity index (χ0) is 10.3. The molecule has 5 heteroatoms. The van der Waals surface area contributed by atoms with E-state index in [-0.39, 0.29) is 11.3 Å². The molecule has 0 spiro atoms. The van der Waals surface area contributed by atoms with Crippen LogP contribution in [0.2, 0.25) is 4.34 Å². The summed E-state index contributed by atoms with van der Waals surface area (Å²) in [4.78, 5) is 13.3. The zero-order valence-electron chi connectivity index (χ0n) is 7.59. The summed E-state index contributed by atoms with van der Waals surface area (Å²) >= 11 is 13.2. The van der Waals surface area contributed by atoms with Crippen molar-refractivity contribution in [2.75, 3.05) is 11.4 Å². The number of amides is 1. The summed E-state index contributed by atoms with van der Waals surface area (Å²) in [6.07, 6.45) is 0.717. The molecule has 14 heavy (non-hydrogen) atoms. The molecule has 1 aromatic heterocycles. The minimum Gasteiger partial charge on any atom is -0.302 e. The molecule has 2 rings (SSSR count). The summed E-state index contributed by atoms with van der Waals surface area (Å²) in [5, 5.41) is 0.539. The van der Waals surface area contributed by atoms with E-state index >= 15 is 0 Å². The topological polar surface area (TPSA) is 20.3 Å². The lowest BCUT2D eigenvalue weighted by molar-refractivity contribution is -0.116. The van der Waals surface area contributed by atoms with Gasteiger partial charge in [-0.15, -0.1) is 22.9 Å². The van der Waals surface area contributed by atoms with E-state index in [0.717, 1.165) is 21.3 Å². The van der Waals surface area contributed by atoms with Gasteiger partial charge in [-0.2, -0.15) is 0 Å². The van der Waals surface area contributed by atoms with Crippen LogP contribution in [0.25, 0.3) is 0 Å². The predicted molar refractivity (Wildman–Crippen MR) is 60.7 cm³/mol. The average molecular weight is 250 g/mol. The van der Waals surface area contributed by atoms with Crippen molar-refractivity contribution >= 4 is 45.4 Å². The quantitative estimate of drug-likeness (QED) is 0.701. The molecule has 1 atom stereocenters. The number of carbonyl (C=O) groups excluding carboxylic acids is 1. The highest BCUT2D eigenvalue weighted by molar-refractivity contribution is 7.20. The Kier molecular flexibility index (Phi) is 2.73. The minimum atomic E-state index is -0.365. The van der Waals surface area contributed by atoms with Crippen molar-refractivity contribution in [3.8, 4) is 0 Å². The van der Waals surface area contributed by atoms with Gasteiger partial charge in [0.2, 0.25) is 5.91 Å². The average Bonchev–Trinajstić information content (AvgIpc) is 2.61. The van der Waals surface area contributed by atoms with Gasteiger partial charge in [0.15, 0.2) is 0 Å². The highest BCUT2D eigenvalue weighted by atomic mass is 35.5. The summed E-state index contributed by atoms with van der Waals surface area (Å²) in [6, 6.07) is 1.93. The van der Waals surface area contributed by atoms with Crippen LogP contribution < -0.4 is 4.90 Å². The molecule has 1 aliphatic rings. The smallest absolute Gasteiger partial charge is 0.245 e. The van der Waals surface area contributed by atoms with Crippen molar-refractivity contribution in [1.82, 2.24) is 0 Å². The van der Waals surface area contributed by atoms with E-state index < -0.39 is 0 Å². The van der Waals surface area contributed by atoms with Gasteiger partial charge in [0.05, 0.1) is 9.34 Å². The van der Waals surface area contributed by atoms with Crippen LogP contribution in [0, 0.1) is 6.92 Å². The molecule has 1 amide bonds. The number of hydrogen-bond donors (Lipinski definition) is 0. The second kappa shape index (κ2) is 3.72. The predicted octanol–water partition coefficient (Wildman–Crippen LogP) is 3.05. The van der Waals surface area contributed by atoms with Gasteiger partial charge >= 0.3 is 0 Å². The zero-order valence-corrected chi connectivity index (χ0v) is 9.92. The molecule has 76 valence electrons. The van der Waals surface area contributed by atoms with Crippen molar-refractivity contribution < 1.29 is 4.79 Å². The van der Waals surface area contributed by atoms with Gasteiger partial charge in [-0.25, -0.2) is 0 Å². The number of carbonyl (C=O) groups is 1. The number of rotatable bonds is 1. The van der Waals surface area contributed by atoms with Gasteiger partial charge in [0, 0.05) is 6.54 Å². The van der Waals surface area contributed by atoms with Gasteiger partial charge in [0.25, 0.3) is 0 Å². The van der Waals surface area contributed by atoms with Crippen molar-refractivity contribution in [1.29, 1.82) is 0 Å². The number of anilines is 1. The van der Waals surface area contributed by atoms with E-state index in [1.807, 2.05) is 13.0 Å². The molecule has 0 N–H and O–H groups in total. The molecule has 1 aromatic rings. The number of alkyl halides is 1. The summed E-state index contributed by atoms with van der Waals surface area (Å²) in [7, 11) is 0. The monoisotopic (exact) mass is 249 g/mol. The first-order chi connectivity index (χ1) is 6.59. The molecule has 0 saturated carbocycles. The van der Waals surface area contributed by atoms with Crippen LogP contribution in [-0.2, 0) is 4.79 Å². The summed E-state index contributed by atoms with van der Waals surface area (Å²) < 4.78 is 0.742. The SMILES string of the molecule is Cc1cc(N2CCC(Cl)C2=O)sc1Cl. The third kappa shape index (κ3) is 1.64. The molecule has 1 fully saturated rings. The fourth-order valence-corrected chi connectivity index (χ4v) is 2.88. The van der Waals surface area contributed by atoms with Crippen molar-refractivity contribution in [3.05, 3.63) is 16.0 Å². The summed E-state index contributed by atoms with van der Waals surface area (Å²) in [5.41, 5.74) is 1.01. The highest BCUT2D eigenvalue weighted by Crippen LogP contribution is 2.36. The highest BCUT2D eigenvalue weighted by Gasteiger charge is 2.31. The Balaban J connectivity index is 2.28. The largest absolute Gasteiger partial charge is 0.302 e. The Morgan fingerprint density at radius 1 is 1.64 bits per heavy atom. The Morgan fingerprint density at radius 3 is 2.79 bits per heavy atom. The minimum absolute atomic E-state index is 0.00965. The maximum absolute atomic E-state index is 11.6. The Hall–Kier alpha value is -0.250. The van der Waals surface area contributed by atoms with E-state index in [1.54, 1.807) is 4.90 Å². The van der Waals surface area contributed by atoms with Gasteiger partial charge in [-0.1, -0.05) is 11.6 Å². The maximum Gasteiger partial charge on any atom is 0.245 e. The molecular formula is C9H9Cl2NOS. The first-order valence-electron chi connectivity index (χ1n) is 4.31. The Bertz CT molecular complexity index is 357. The fourth-order valence-electron chi connectivity index (χ4n) is 1.44. The summed E-state index contributed by atoms with van der Waals surface area (Å²) in [6.45, 7) is 2.63. The standard InChI is InChI=1S/C9H9Cl2NOS/c1-5-4-7(14-8(5)11)12-3-2-6(10)9(12)13/h4,6H,2-3H2,1H3. The lowest BCUT2D eigenvalue weighted by atomic mass is 10.4. The van der Waals surface area contributed by atoms with Crippen LogP contribution in [0.3, 0.4) is 0 Å². The fraction of sp³-hybridized carbons (Fsp3) is 0.444. The first-order valence-corrected chi connectivity index (χ1v) is 5.94. The second-order valence-corrected chi connectivity index (χ2v) is 5.45. The van der Waals surface area contributed by atoms with Crippen molar-refractivity contribution in [2.45, 2.75) is 18.7 Å². The van der Waals surface area contributed by atoms with Crippen LogP contribution in [0.4, 0.5) is 5.00 Å². The van der Waals surface area contributed by atoms with E-state index in [2.05, 4.69) is 0 Å². The molecule has 1 aliphatic heterocycles. The molecule has 0 aliphatic carbocycles. The molecule has 1 unspecified atom stereocenters. The molecule has 1 saturated heterocycles. The number of nitrogens with zero attached hydrogens (tertiary/aromatic N) is 1. The van der Waals surface area contributed by atoms with Crippen molar-refractivity contribution in [2.24, 2.45) is 0 Å². The number of hydrogen-bond acceptors (Lipinski definition) is 2. The van der Waals surface area contributed by atoms with Crippen LogP contribution >= 0.6 is 34.5 Å². The van der Waals surface area contributed by atoms with Gasteiger partial charge in [-0.3, -0.25) is 4.79 Å². The Morgan fingerprint density at radius 2 is 2.36 bits per heavy atom. The normalized spacial score (nSPS) is 22.1. The molecular weight excluding hydrogens is 241 g/mol. The molecule has 0 radical (unpaired) electrons. The van der Waals surface area contributed by atoms with Gasteiger partial charge < -0.3 is 4.90 Å². The van der Waals surface area contributed by atoms with Crippen LogP contribution in [0.5, 0.6) is 0 Å². The third-order valence-electron chi connectivity index (χ3n) is 2.25. The Labute approximate surface area is 96.4 Å². The lowest BCUT2D eigenvalue weighted by Crippen LogP contribution is -2.26. The van der Waals surface area contributed by atoms with Crippen LogP contribution in [-0.4, -0.2) is 17.8 Å².